The minimum Gasteiger partial charge on any atom is -0.342 e. The molecule has 2 nitrogen and oxygen atoms in total. The number of rotatable bonds is 1. The van der Waals surface area contributed by atoms with E-state index < -0.39 is 0 Å². The second-order valence-electron chi connectivity index (χ2n) is 5.01. The molecule has 1 aliphatic rings. The fraction of sp³-hybridized carbons (Fsp3) is 0.188. The van der Waals surface area contributed by atoms with Crippen molar-refractivity contribution in [2.75, 3.05) is 0 Å². The minimum atomic E-state index is 0.509. The molecule has 0 spiro atoms. The molecule has 18 heavy (non-hydrogen) atoms. The fourth-order valence-electron chi connectivity index (χ4n) is 2.92. The highest BCUT2D eigenvalue weighted by Gasteiger charge is 2.24. The van der Waals surface area contributed by atoms with Gasteiger partial charge < -0.3 is 4.98 Å². The maximum atomic E-state index is 4.72. The van der Waals surface area contributed by atoms with Gasteiger partial charge in [0.25, 0.3) is 0 Å². The highest BCUT2D eigenvalue weighted by molar-refractivity contribution is 5.74. The van der Waals surface area contributed by atoms with Crippen LogP contribution in [0.25, 0.3) is 11.0 Å². The van der Waals surface area contributed by atoms with E-state index in [1.54, 1.807) is 0 Å². The van der Waals surface area contributed by atoms with Crippen molar-refractivity contribution >= 4 is 11.0 Å². The zero-order valence-electron chi connectivity index (χ0n) is 10.1. The highest BCUT2D eigenvalue weighted by atomic mass is 14.9. The summed E-state index contributed by atoms with van der Waals surface area (Å²) in [6.07, 6.45) is 2.21. The van der Waals surface area contributed by atoms with Crippen molar-refractivity contribution in [2.45, 2.75) is 18.8 Å². The maximum absolute atomic E-state index is 4.72. The minimum absolute atomic E-state index is 0.509. The number of imidazole rings is 1. The lowest BCUT2D eigenvalue weighted by Crippen LogP contribution is -1.99. The van der Waals surface area contributed by atoms with Crippen molar-refractivity contribution < 1.29 is 0 Å². The first-order chi connectivity index (χ1) is 8.90. The molecule has 0 saturated heterocycles. The van der Waals surface area contributed by atoms with E-state index in [1.165, 1.54) is 11.1 Å². The lowest BCUT2D eigenvalue weighted by Gasteiger charge is -2.03. The van der Waals surface area contributed by atoms with E-state index >= 15 is 0 Å². The summed E-state index contributed by atoms with van der Waals surface area (Å²) in [7, 11) is 0. The number of nitrogens with zero attached hydrogens (tertiary/aromatic N) is 1. The number of nitrogens with one attached hydrogen (secondary N) is 1. The van der Waals surface area contributed by atoms with E-state index in [0.29, 0.717) is 5.92 Å². The number of H-pyrrole nitrogens is 1. The molecule has 1 aromatic heterocycles. The van der Waals surface area contributed by atoms with Gasteiger partial charge in [0.15, 0.2) is 0 Å². The summed E-state index contributed by atoms with van der Waals surface area (Å²) in [6, 6.07) is 17.0. The fourth-order valence-corrected chi connectivity index (χ4v) is 2.92. The molecule has 0 amide bonds. The number of fused-ring (bicyclic) bond motifs is 2. The first-order valence-corrected chi connectivity index (χ1v) is 6.41. The van der Waals surface area contributed by atoms with Crippen LogP contribution in [0.15, 0.2) is 48.5 Å². The molecule has 0 radical (unpaired) electrons. The molecule has 2 aromatic carbocycles. The van der Waals surface area contributed by atoms with E-state index in [0.717, 1.165) is 29.7 Å². The summed E-state index contributed by atoms with van der Waals surface area (Å²) in [5.41, 5.74) is 5.16. The summed E-state index contributed by atoms with van der Waals surface area (Å²) in [5, 5.41) is 0. The zero-order valence-corrected chi connectivity index (χ0v) is 10.1. The third kappa shape index (κ3) is 1.46. The number of hydrogen-bond acceptors (Lipinski definition) is 1. The predicted octanol–water partition coefficient (Wildman–Crippen LogP) is 3.45. The van der Waals surface area contributed by atoms with Crippen LogP contribution in [0.5, 0.6) is 0 Å². The van der Waals surface area contributed by atoms with E-state index in [9.17, 15) is 0 Å². The molecule has 1 heterocycles. The van der Waals surface area contributed by atoms with Gasteiger partial charge in [-0.3, -0.25) is 0 Å². The van der Waals surface area contributed by atoms with Crippen LogP contribution in [-0.2, 0) is 12.8 Å². The highest BCUT2D eigenvalue weighted by Crippen LogP contribution is 2.33. The van der Waals surface area contributed by atoms with Gasteiger partial charge in [0.1, 0.15) is 5.82 Å². The van der Waals surface area contributed by atoms with Crippen molar-refractivity contribution in [2.24, 2.45) is 0 Å². The third-order valence-corrected chi connectivity index (χ3v) is 3.85. The molecule has 0 unspecified atom stereocenters. The van der Waals surface area contributed by atoms with Crippen LogP contribution in [0.4, 0.5) is 0 Å². The van der Waals surface area contributed by atoms with Crippen LogP contribution in [-0.4, -0.2) is 9.97 Å². The third-order valence-electron chi connectivity index (χ3n) is 3.85. The Hall–Kier alpha value is -2.09. The van der Waals surface area contributed by atoms with Crippen LogP contribution in [0.2, 0.25) is 0 Å². The van der Waals surface area contributed by atoms with Gasteiger partial charge in [-0.2, -0.15) is 0 Å². The van der Waals surface area contributed by atoms with Gasteiger partial charge >= 0.3 is 0 Å². The SMILES string of the molecule is c1ccc2c(c1)CC(c1nc3ccccc3[nH]1)C2. The molecule has 88 valence electrons. The van der Waals surface area contributed by atoms with Gasteiger partial charge in [-0.15, -0.1) is 0 Å². The average molecular weight is 234 g/mol. The van der Waals surface area contributed by atoms with Gasteiger partial charge in [0.05, 0.1) is 11.0 Å². The molecule has 1 aliphatic carbocycles. The Morgan fingerprint density at radius 1 is 0.889 bits per heavy atom. The molecule has 0 bridgehead atoms. The van der Waals surface area contributed by atoms with Crippen molar-refractivity contribution in [3.63, 3.8) is 0 Å². The first-order valence-electron chi connectivity index (χ1n) is 6.41. The Morgan fingerprint density at radius 2 is 1.56 bits per heavy atom. The summed E-state index contributed by atoms with van der Waals surface area (Å²) < 4.78 is 0. The maximum Gasteiger partial charge on any atom is 0.111 e. The number of para-hydroxylation sites is 2. The molecule has 4 rings (SSSR count). The molecule has 0 atom stereocenters. The van der Waals surface area contributed by atoms with E-state index in [2.05, 4.69) is 41.4 Å². The number of hydrogen-bond donors (Lipinski definition) is 1. The number of benzene rings is 2. The number of aromatic nitrogens is 2. The second kappa shape index (κ2) is 3.70. The molecule has 2 heteroatoms. The summed E-state index contributed by atoms with van der Waals surface area (Å²) in [4.78, 5) is 8.18. The Kier molecular flexibility index (Phi) is 2.04. The van der Waals surface area contributed by atoms with Crippen LogP contribution >= 0.6 is 0 Å². The summed E-state index contributed by atoms with van der Waals surface area (Å²) in [6.45, 7) is 0. The summed E-state index contributed by atoms with van der Waals surface area (Å²) >= 11 is 0. The monoisotopic (exact) mass is 234 g/mol. The van der Waals surface area contributed by atoms with E-state index in [4.69, 9.17) is 4.98 Å². The van der Waals surface area contributed by atoms with Gasteiger partial charge in [-0.1, -0.05) is 36.4 Å². The lowest BCUT2D eigenvalue weighted by atomic mass is 10.1. The van der Waals surface area contributed by atoms with Crippen LogP contribution in [0, 0.1) is 0 Å². The lowest BCUT2D eigenvalue weighted by molar-refractivity contribution is 0.697. The Balaban J connectivity index is 1.73. The quantitative estimate of drug-likeness (QED) is 0.686. The Bertz CT molecular complexity index is 654. The molecular weight excluding hydrogens is 220 g/mol. The normalized spacial score (nSPS) is 15.1. The van der Waals surface area contributed by atoms with Gasteiger partial charge in [-0.25, -0.2) is 4.98 Å². The van der Waals surface area contributed by atoms with E-state index in [-0.39, 0.29) is 0 Å². The Labute approximate surface area is 106 Å². The van der Waals surface area contributed by atoms with Gasteiger partial charge in [-0.05, 0) is 36.1 Å². The van der Waals surface area contributed by atoms with Crippen molar-refractivity contribution in [1.29, 1.82) is 0 Å². The van der Waals surface area contributed by atoms with Crippen LogP contribution in [0.3, 0.4) is 0 Å². The molecule has 3 aromatic rings. The average Bonchev–Trinajstić information content (AvgIpc) is 3.02. The number of aromatic amines is 1. The van der Waals surface area contributed by atoms with Crippen molar-refractivity contribution in [3.05, 3.63) is 65.5 Å². The molecule has 1 N–H and O–H groups in total. The smallest absolute Gasteiger partial charge is 0.111 e. The van der Waals surface area contributed by atoms with Gasteiger partial charge in [0.2, 0.25) is 0 Å². The van der Waals surface area contributed by atoms with Crippen molar-refractivity contribution in [1.82, 2.24) is 9.97 Å². The molecule has 0 saturated carbocycles. The van der Waals surface area contributed by atoms with Crippen LogP contribution in [0.1, 0.15) is 22.9 Å². The van der Waals surface area contributed by atoms with Crippen molar-refractivity contribution in [3.8, 4) is 0 Å². The standard InChI is InChI=1S/C16H14N2/c1-2-6-12-10-13(9-11(12)5-1)16-17-14-7-3-4-8-15(14)18-16/h1-8,13H,9-10H2,(H,17,18). The second-order valence-corrected chi connectivity index (χ2v) is 5.01. The zero-order chi connectivity index (χ0) is 11.9. The van der Waals surface area contributed by atoms with Gasteiger partial charge in [0, 0.05) is 5.92 Å². The summed E-state index contributed by atoms with van der Waals surface area (Å²) in [5.74, 6) is 1.64. The molecule has 0 fully saturated rings. The topological polar surface area (TPSA) is 28.7 Å². The molecule has 0 aliphatic heterocycles. The first kappa shape index (κ1) is 9.89. The predicted molar refractivity (Wildman–Crippen MR) is 72.7 cm³/mol. The molecular formula is C16H14N2. The van der Waals surface area contributed by atoms with E-state index in [1.807, 2.05) is 12.1 Å². The van der Waals surface area contributed by atoms with Crippen LogP contribution < -0.4 is 0 Å². The Morgan fingerprint density at radius 3 is 2.28 bits per heavy atom. The largest absolute Gasteiger partial charge is 0.342 e.